The number of carbonyl (C=O) groups excluding carboxylic acids is 2. The number of morpholine rings is 1. The van der Waals surface area contributed by atoms with Crippen molar-refractivity contribution in [2.45, 2.75) is 38.6 Å². The van der Waals surface area contributed by atoms with Crippen LogP contribution in [0, 0.1) is 0 Å². The number of anilines is 1. The summed E-state index contributed by atoms with van der Waals surface area (Å²) < 4.78 is 6.98. The van der Waals surface area contributed by atoms with E-state index in [2.05, 4.69) is 27.9 Å². The second-order valence-corrected chi connectivity index (χ2v) is 7.37. The molecule has 9 nitrogen and oxygen atoms in total. The topological polar surface area (TPSA) is 101 Å². The van der Waals surface area contributed by atoms with Crippen molar-refractivity contribution >= 4 is 17.6 Å². The van der Waals surface area contributed by atoms with E-state index in [1.54, 1.807) is 9.58 Å². The van der Waals surface area contributed by atoms with Gasteiger partial charge in [0.2, 0.25) is 0 Å². The van der Waals surface area contributed by atoms with E-state index in [9.17, 15) is 9.59 Å². The molecule has 4 rings (SSSR count). The monoisotopic (exact) mass is 398 g/mol. The zero-order chi connectivity index (χ0) is 20.2. The van der Waals surface area contributed by atoms with Crippen molar-refractivity contribution in [2.75, 3.05) is 31.6 Å². The number of nitrogens with one attached hydrogen (secondary N) is 2. The number of aromatic nitrogens is 3. The van der Waals surface area contributed by atoms with Gasteiger partial charge in [0, 0.05) is 24.8 Å². The first kappa shape index (κ1) is 19.4. The van der Waals surface area contributed by atoms with Gasteiger partial charge in [-0.1, -0.05) is 18.6 Å². The van der Waals surface area contributed by atoms with Gasteiger partial charge >= 0.3 is 6.03 Å². The molecule has 0 unspecified atom stereocenters. The zero-order valence-electron chi connectivity index (χ0n) is 16.6. The van der Waals surface area contributed by atoms with Crippen molar-refractivity contribution in [2.24, 2.45) is 0 Å². The molecule has 29 heavy (non-hydrogen) atoms. The minimum Gasteiger partial charge on any atom is -0.378 e. The molecule has 2 fully saturated rings. The largest absolute Gasteiger partial charge is 0.378 e. The number of hydrogen-bond acceptors (Lipinski definition) is 5. The summed E-state index contributed by atoms with van der Waals surface area (Å²) in [5.74, 6) is -0.156. The highest BCUT2D eigenvalue weighted by atomic mass is 16.5. The van der Waals surface area contributed by atoms with E-state index in [1.165, 1.54) is 0 Å². The van der Waals surface area contributed by atoms with Gasteiger partial charge < -0.3 is 20.3 Å². The highest BCUT2D eigenvalue weighted by Gasteiger charge is 2.27. The number of benzene rings is 1. The fourth-order valence-electron chi connectivity index (χ4n) is 3.28. The molecule has 0 radical (unpaired) electrons. The Morgan fingerprint density at radius 2 is 1.90 bits per heavy atom. The van der Waals surface area contributed by atoms with Crippen LogP contribution in [0.15, 0.2) is 24.3 Å². The van der Waals surface area contributed by atoms with E-state index in [0.717, 1.165) is 30.6 Å². The number of urea groups is 1. The maximum atomic E-state index is 12.5. The summed E-state index contributed by atoms with van der Waals surface area (Å²) in [6.45, 7) is 4.37. The van der Waals surface area contributed by atoms with Crippen molar-refractivity contribution in [3.63, 3.8) is 0 Å². The molecule has 1 aliphatic carbocycles. The van der Waals surface area contributed by atoms with Crippen LogP contribution < -0.4 is 10.6 Å². The summed E-state index contributed by atoms with van der Waals surface area (Å²) >= 11 is 0. The lowest BCUT2D eigenvalue weighted by Crippen LogP contribution is -2.43. The average molecular weight is 398 g/mol. The van der Waals surface area contributed by atoms with Gasteiger partial charge in [-0.3, -0.25) is 4.79 Å². The quantitative estimate of drug-likeness (QED) is 0.775. The first-order valence-corrected chi connectivity index (χ1v) is 10.1. The van der Waals surface area contributed by atoms with Crippen LogP contribution in [-0.2, 0) is 11.2 Å². The Labute approximate surface area is 169 Å². The molecule has 9 heteroatoms. The van der Waals surface area contributed by atoms with E-state index < -0.39 is 0 Å². The normalized spacial score (nSPS) is 16.5. The number of rotatable bonds is 6. The number of nitrogens with zero attached hydrogens (tertiary/aromatic N) is 4. The van der Waals surface area contributed by atoms with Crippen LogP contribution in [0.2, 0.25) is 0 Å². The lowest BCUT2D eigenvalue weighted by atomic mass is 10.2. The summed E-state index contributed by atoms with van der Waals surface area (Å²) in [5.41, 5.74) is 2.70. The van der Waals surface area contributed by atoms with E-state index in [4.69, 9.17) is 4.74 Å². The van der Waals surface area contributed by atoms with Gasteiger partial charge in [0.1, 0.15) is 0 Å². The number of amides is 3. The van der Waals surface area contributed by atoms with Crippen molar-refractivity contribution in [3.8, 4) is 5.69 Å². The summed E-state index contributed by atoms with van der Waals surface area (Å²) in [6.07, 6.45) is 3.64. The number of ether oxygens (including phenoxy) is 1. The predicted octanol–water partition coefficient (Wildman–Crippen LogP) is 1.98. The van der Waals surface area contributed by atoms with Gasteiger partial charge in [-0.15, -0.1) is 5.10 Å². The van der Waals surface area contributed by atoms with Crippen molar-refractivity contribution in [1.29, 1.82) is 0 Å². The summed E-state index contributed by atoms with van der Waals surface area (Å²) in [4.78, 5) is 26.5. The zero-order valence-corrected chi connectivity index (χ0v) is 16.6. The van der Waals surface area contributed by atoms with E-state index in [-0.39, 0.29) is 18.0 Å². The van der Waals surface area contributed by atoms with Gasteiger partial charge in [0.05, 0.1) is 24.6 Å². The van der Waals surface area contributed by atoms with Gasteiger partial charge in [-0.05, 0) is 43.5 Å². The predicted molar refractivity (Wildman–Crippen MR) is 107 cm³/mol. The first-order valence-electron chi connectivity index (χ1n) is 10.1. The summed E-state index contributed by atoms with van der Waals surface area (Å²) in [7, 11) is 0. The maximum absolute atomic E-state index is 12.5. The van der Waals surface area contributed by atoms with Crippen LogP contribution in [0.4, 0.5) is 10.5 Å². The van der Waals surface area contributed by atoms with Gasteiger partial charge in [-0.25, -0.2) is 9.48 Å². The molecule has 3 amide bonds. The molecule has 1 aromatic heterocycles. The summed E-state index contributed by atoms with van der Waals surface area (Å²) in [5, 5.41) is 14.2. The Morgan fingerprint density at radius 1 is 1.17 bits per heavy atom. The molecule has 0 spiro atoms. The van der Waals surface area contributed by atoms with Crippen molar-refractivity contribution in [3.05, 3.63) is 35.7 Å². The Bertz CT molecular complexity index is 869. The maximum Gasteiger partial charge on any atom is 0.321 e. The Morgan fingerprint density at radius 3 is 2.55 bits per heavy atom. The molecular weight excluding hydrogens is 372 g/mol. The standard InChI is InChI=1S/C20H26N6O3/c1-2-3-17-18(19(27)21-14-4-5-14)23-24-26(17)16-8-6-15(7-9-16)22-20(28)25-10-12-29-13-11-25/h6-9,14H,2-5,10-13H2,1H3,(H,21,27)(H,22,28). The SMILES string of the molecule is CCCc1c(C(=O)NC2CC2)nnn1-c1ccc(NC(=O)N2CCOCC2)cc1. The van der Waals surface area contributed by atoms with Crippen LogP contribution in [0.5, 0.6) is 0 Å². The van der Waals surface area contributed by atoms with Crippen molar-refractivity contribution in [1.82, 2.24) is 25.2 Å². The molecular formula is C20H26N6O3. The highest BCUT2D eigenvalue weighted by molar-refractivity contribution is 5.93. The first-order chi connectivity index (χ1) is 14.2. The van der Waals surface area contributed by atoms with Crippen LogP contribution >= 0.6 is 0 Å². The molecule has 0 bridgehead atoms. The fourth-order valence-corrected chi connectivity index (χ4v) is 3.28. The van der Waals surface area contributed by atoms with Crippen LogP contribution in [0.1, 0.15) is 42.4 Å². The average Bonchev–Trinajstić information content (AvgIpc) is 3.46. The highest BCUT2D eigenvalue weighted by Crippen LogP contribution is 2.21. The number of hydrogen-bond donors (Lipinski definition) is 2. The van der Waals surface area contributed by atoms with E-state index in [1.807, 2.05) is 24.3 Å². The second-order valence-electron chi connectivity index (χ2n) is 7.37. The van der Waals surface area contributed by atoms with Crippen LogP contribution in [0.3, 0.4) is 0 Å². The Balaban J connectivity index is 1.48. The Hall–Kier alpha value is -2.94. The molecule has 1 saturated carbocycles. The van der Waals surface area contributed by atoms with Gasteiger partial charge in [0.25, 0.3) is 5.91 Å². The minimum absolute atomic E-state index is 0.132. The third-order valence-corrected chi connectivity index (χ3v) is 5.04. The molecule has 2 aromatic rings. The molecule has 2 heterocycles. The smallest absolute Gasteiger partial charge is 0.321 e. The lowest BCUT2D eigenvalue weighted by Gasteiger charge is -2.26. The van der Waals surface area contributed by atoms with Crippen molar-refractivity contribution < 1.29 is 14.3 Å². The molecule has 1 saturated heterocycles. The lowest BCUT2D eigenvalue weighted by molar-refractivity contribution is 0.0564. The minimum atomic E-state index is -0.156. The molecule has 154 valence electrons. The van der Waals surface area contributed by atoms with Crippen LogP contribution in [0.25, 0.3) is 5.69 Å². The number of carbonyl (C=O) groups is 2. The van der Waals surface area contributed by atoms with E-state index >= 15 is 0 Å². The van der Waals surface area contributed by atoms with Crippen LogP contribution in [-0.4, -0.2) is 64.2 Å². The van der Waals surface area contributed by atoms with Gasteiger partial charge in [-0.2, -0.15) is 0 Å². The third kappa shape index (κ3) is 4.56. The van der Waals surface area contributed by atoms with Gasteiger partial charge in [0.15, 0.2) is 5.69 Å². The second kappa shape index (κ2) is 8.60. The fraction of sp³-hybridized carbons (Fsp3) is 0.500. The molecule has 2 aliphatic rings. The Kier molecular flexibility index (Phi) is 5.75. The van der Waals surface area contributed by atoms with E-state index in [0.29, 0.717) is 44.1 Å². The third-order valence-electron chi connectivity index (χ3n) is 5.04. The summed E-state index contributed by atoms with van der Waals surface area (Å²) in [6, 6.07) is 7.53. The molecule has 1 aliphatic heterocycles. The molecule has 0 atom stereocenters. The molecule has 2 N–H and O–H groups in total. The molecule has 1 aromatic carbocycles.